The zero-order valence-electron chi connectivity index (χ0n) is 32.9. The van der Waals surface area contributed by atoms with E-state index in [1.807, 2.05) is 0 Å². The lowest BCUT2D eigenvalue weighted by Gasteiger charge is -2.37. The summed E-state index contributed by atoms with van der Waals surface area (Å²) in [5, 5.41) is 0.187. The highest BCUT2D eigenvalue weighted by molar-refractivity contribution is 6.75. The molecule has 3 heterocycles. The monoisotopic (exact) mass is 727 g/mol. The molecule has 0 saturated carbocycles. The fourth-order valence-corrected chi connectivity index (χ4v) is 8.71. The average molecular weight is 728 g/mol. The van der Waals surface area contributed by atoms with Crippen molar-refractivity contribution in [1.29, 1.82) is 0 Å². The minimum atomic E-state index is -2.04. The third-order valence-corrected chi connectivity index (χ3v) is 20.6. The normalized spacial score (nSPS) is 18.7. The number of benzene rings is 3. The second kappa shape index (κ2) is 14.7. The summed E-state index contributed by atoms with van der Waals surface area (Å²) < 4.78 is 33.3. The molecule has 1 atom stereocenters. The highest BCUT2D eigenvalue weighted by Gasteiger charge is 2.41. The maximum atomic E-state index is 7.06. The van der Waals surface area contributed by atoms with Crippen LogP contribution >= 0.6 is 0 Å². The van der Waals surface area contributed by atoms with Gasteiger partial charge in [0.15, 0.2) is 0 Å². The molecule has 276 valence electrons. The van der Waals surface area contributed by atoms with E-state index < -0.39 is 16.6 Å². The molecule has 8 heteroatoms. The van der Waals surface area contributed by atoms with Crippen LogP contribution in [0.2, 0.25) is 36.3 Å². The Balaban J connectivity index is 1.34. The summed E-state index contributed by atoms with van der Waals surface area (Å²) in [4.78, 5) is 2.54. The molecule has 1 fully saturated rings. The second-order valence-electron chi connectivity index (χ2n) is 17.7. The lowest BCUT2D eigenvalue weighted by molar-refractivity contribution is 0.214. The Kier molecular flexibility index (Phi) is 10.8. The molecule has 0 N–H and O–H groups in total. The molecule has 0 bridgehead atoms. The van der Waals surface area contributed by atoms with Gasteiger partial charge in [-0.05, 0) is 110 Å². The largest absolute Gasteiger partial charge is 0.543 e. The fourth-order valence-electron chi connectivity index (χ4n) is 6.67. The lowest BCUT2D eigenvalue weighted by atomic mass is 9.84. The van der Waals surface area contributed by atoms with E-state index in [0.717, 1.165) is 64.0 Å². The molecule has 0 spiro atoms. The van der Waals surface area contributed by atoms with Crippen LogP contribution < -0.4 is 23.1 Å². The highest BCUT2D eigenvalue weighted by Crippen LogP contribution is 2.53. The summed E-state index contributed by atoms with van der Waals surface area (Å²) >= 11 is 0. The van der Waals surface area contributed by atoms with E-state index >= 15 is 0 Å². The summed E-state index contributed by atoms with van der Waals surface area (Å²) in [5.74, 6) is 4.33. The first kappa shape index (κ1) is 37.5. The number of rotatable bonds is 9. The van der Waals surface area contributed by atoms with Crippen LogP contribution in [0.1, 0.15) is 96.4 Å². The molecule has 0 radical (unpaired) electrons. The van der Waals surface area contributed by atoms with Crippen molar-refractivity contribution >= 4 is 27.8 Å². The van der Waals surface area contributed by atoms with Gasteiger partial charge in [0.1, 0.15) is 41.5 Å². The van der Waals surface area contributed by atoms with E-state index in [4.69, 9.17) is 23.1 Å². The molecule has 0 aromatic heterocycles. The minimum absolute atomic E-state index is 0.0916. The van der Waals surface area contributed by atoms with Crippen LogP contribution in [0.3, 0.4) is 0 Å². The van der Waals surface area contributed by atoms with E-state index in [2.05, 4.69) is 133 Å². The molecule has 0 unspecified atom stereocenters. The predicted octanol–water partition coefficient (Wildman–Crippen LogP) is 11.5. The molecule has 1 saturated heterocycles. The molecule has 0 aliphatic carbocycles. The first-order valence-electron chi connectivity index (χ1n) is 19.2. The van der Waals surface area contributed by atoms with Crippen LogP contribution in [0.4, 0.5) is 0 Å². The van der Waals surface area contributed by atoms with Crippen LogP contribution in [0.25, 0.3) is 11.1 Å². The third kappa shape index (κ3) is 8.39. The Morgan fingerprint density at radius 1 is 0.686 bits per heavy atom. The molecule has 3 aliphatic heterocycles. The highest BCUT2D eigenvalue weighted by atomic mass is 28.4. The summed E-state index contributed by atoms with van der Waals surface area (Å²) in [6.07, 6.45) is 5.72. The van der Waals surface area contributed by atoms with Gasteiger partial charge in [-0.25, -0.2) is 0 Å². The van der Waals surface area contributed by atoms with Gasteiger partial charge in [0.2, 0.25) is 16.6 Å². The Bertz CT molecular complexity index is 1710. The van der Waals surface area contributed by atoms with Crippen molar-refractivity contribution in [2.24, 2.45) is 0 Å². The van der Waals surface area contributed by atoms with Crippen molar-refractivity contribution in [3.05, 3.63) is 77.4 Å². The van der Waals surface area contributed by atoms with Crippen molar-refractivity contribution in [2.45, 2.75) is 116 Å². The first-order valence-corrected chi connectivity index (χ1v) is 25.0. The standard InChI is InChI=1S/C43H61NO5Si2/c1-42(2,3)50(7,8)48-33-20-22-37-38(29-33)46-27-23-36-35-21-19-34(49-51(9,10)43(4,5)6)30-39(35)47-41(40(36)37)31-15-17-32(18-16-31)45-28-26-44-24-13-11-12-14-25-44/h15-22,29-30,41H,11-14,23-28H2,1-10H3/t41-/m1/s1. The smallest absolute Gasteiger partial charge is 0.250 e. The number of likely N-dealkylation sites (tertiary alicyclic amines) is 1. The lowest BCUT2D eigenvalue weighted by Crippen LogP contribution is -2.43. The molecular weight excluding hydrogens is 667 g/mol. The van der Waals surface area contributed by atoms with E-state index in [1.54, 1.807) is 0 Å². The number of hydrogen-bond donors (Lipinski definition) is 0. The van der Waals surface area contributed by atoms with Gasteiger partial charge in [0.05, 0.1) is 6.61 Å². The summed E-state index contributed by atoms with van der Waals surface area (Å²) in [5.41, 5.74) is 5.66. The quantitative estimate of drug-likeness (QED) is 0.205. The van der Waals surface area contributed by atoms with Crippen molar-refractivity contribution < 1.29 is 23.1 Å². The van der Waals surface area contributed by atoms with Gasteiger partial charge in [0, 0.05) is 41.8 Å². The van der Waals surface area contributed by atoms with Crippen LogP contribution in [-0.4, -0.2) is 54.4 Å². The van der Waals surface area contributed by atoms with Gasteiger partial charge in [-0.1, -0.05) is 66.5 Å². The van der Waals surface area contributed by atoms with Crippen LogP contribution in [0.15, 0.2) is 60.7 Å². The second-order valence-corrected chi connectivity index (χ2v) is 27.2. The summed E-state index contributed by atoms with van der Waals surface area (Å²) in [6, 6.07) is 21.3. The Labute approximate surface area is 309 Å². The van der Waals surface area contributed by atoms with Crippen LogP contribution in [0.5, 0.6) is 28.7 Å². The van der Waals surface area contributed by atoms with E-state index in [0.29, 0.717) is 13.2 Å². The molecule has 0 amide bonds. The Morgan fingerprint density at radius 2 is 1.24 bits per heavy atom. The SMILES string of the molecule is CC(C)(C)[Si](C)(C)Oc1ccc2c(c1)O[C@H](c1ccc(OCCN3CCCCCC3)cc1)C1=C2CCOc2cc(O[Si](C)(C)C(C)(C)C)ccc21. The van der Waals surface area contributed by atoms with Crippen molar-refractivity contribution in [3.63, 3.8) is 0 Å². The van der Waals surface area contributed by atoms with Gasteiger partial charge >= 0.3 is 0 Å². The number of fused-ring (bicyclic) bond motifs is 4. The van der Waals surface area contributed by atoms with E-state index in [9.17, 15) is 0 Å². The maximum absolute atomic E-state index is 7.06. The molecule has 3 aromatic rings. The van der Waals surface area contributed by atoms with Crippen LogP contribution in [0, 0.1) is 0 Å². The minimum Gasteiger partial charge on any atom is -0.543 e. The number of nitrogens with zero attached hydrogens (tertiary/aromatic N) is 1. The van der Waals surface area contributed by atoms with E-state index in [-0.39, 0.29) is 16.2 Å². The Hall–Kier alpha value is -3.21. The van der Waals surface area contributed by atoms with Crippen molar-refractivity contribution in [2.75, 3.05) is 32.8 Å². The number of ether oxygens (including phenoxy) is 3. The molecule has 6 rings (SSSR count). The Morgan fingerprint density at radius 3 is 1.82 bits per heavy atom. The van der Waals surface area contributed by atoms with E-state index in [1.165, 1.54) is 44.3 Å². The first-order chi connectivity index (χ1) is 24.0. The van der Waals surface area contributed by atoms with Crippen LogP contribution in [-0.2, 0) is 0 Å². The topological polar surface area (TPSA) is 49.4 Å². The molecule has 51 heavy (non-hydrogen) atoms. The van der Waals surface area contributed by atoms with Gasteiger partial charge < -0.3 is 23.1 Å². The number of hydrogen-bond acceptors (Lipinski definition) is 6. The van der Waals surface area contributed by atoms with Gasteiger partial charge in [-0.2, -0.15) is 0 Å². The molecular formula is C43H61NO5Si2. The van der Waals surface area contributed by atoms with Gasteiger partial charge in [0.25, 0.3) is 0 Å². The molecule has 3 aliphatic rings. The molecule has 6 nitrogen and oxygen atoms in total. The summed E-state index contributed by atoms with van der Waals surface area (Å²) in [6.45, 7) is 27.4. The third-order valence-electron chi connectivity index (χ3n) is 11.9. The van der Waals surface area contributed by atoms with Crippen molar-refractivity contribution in [1.82, 2.24) is 4.90 Å². The van der Waals surface area contributed by atoms with Crippen molar-refractivity contribution in [3.8, 4) is 28.7 Å². The summed E-state index contributed by atoms with van der Waals surface area (Å²) in [7, 11) is -4.07. The average Bonchev–Trinajstić information content (AvgIpc) is 3.42. The van der Waals surface area contributed by atoms with Gasteiger partial charge in [-0.3, -0.25) is 4.90 Å². The predicted molar refractivity (Wildman–Crippen MR) is 216 cm³/mol. The van der Waals surface area contributed by atoms with Gasteiger partial charge in [-0.15, -0.1) is 0 Å². The zero-order valence-corrected chi connectivity index (χ0v) is 34.9. The zero-order chi connectivity index (χ0) is 36.6. The maximum Gasteiger partial charge on any atom is 0.250 e. The fraction of sp³-hybridized carbons (Fsp3) is 0.535. The molecule has 3 aromatic carbocycles.